The van der Waals surface area contributed by atoms with E-state index in [0.717, 1.165) is 22.4 Å². The Morgan fingerprint density at radius 1 is 0.481 bits per heavy atom. The van der Waals surface area contributed by atoms with E-state index >= 15 is 0 Å². The summed E-state index contributed by atoms with van der Waals surface area (Å²) in [6.07, 6.45) is 0. The van der Waals surface area contributed by atoms with Gasteiger partial charge in [0, 0.05) is 10.8 Å². The molecule has 0 unspecified atom stereocenters. The van der Waals surface area contributed by atoms with E-state index in [1.807, 2.05) is 12.1 Å². The SMILES string of the molecule is c1ccc(N(Nn2c3ccccc3c3ccccc32)c2ccccc2)cc1. The summed E-state index contributed by atoms with van der Waals surface area (Å²) in [6.45, 7) is 0. The second-order valence-electron chi connectivity index (χ2n) is 6.48. The number of rotatable bonds is 4. The van der Waals surface area contributed by atoms with Gasteiger partial charge < -0.3 is 0 Å². The second-order valence-corrected chi connectivity index (χ2v) is 6.48. The zero-order valence-electron chi connectivity index (χ0n) is 14.8. The maximum Gasteiger partial charge on any atom is 0.0725 e. The number of hydrogen-bond acceptors (Lipinski definition) is 2. The molecule has 130 valence electrons. The highest BCUT2D eigenvalue weighted by molar-refractivity contribution is 6.08. The molecule has 1 aromatic heterocycles. The molecule has 5 rings (SSSR count). The van der Waals surface area contributed by atoms with E-state index in [-0.39, 0.29) is 0 Å². The van der Waals surface area contributed by atoms with Crippen molar-refractivity contribution in [2.24, 2.45) is 0 Å². The molecule has 0 aliphatic carbocycles. The van der Waals surface area contributed by atoms with Gasteiger partial charge >= 0.3 is 0 Å². The Balaban J connectivity index is 1.71. The summed E-state index contributed by atoms with van der Waals surface area (Å²) < 4.78 is 2.16. The summed E-state index contributed by atoms with van der Waals surface area (Å²) in [4.78, 5) is 0. The van der Waals surface area contributed by atoms with Crippen LogP contribution in [0.3, 0.4) is 0 Å². The molecule has 0 bridgehead atoms. The van der Waals surface area contributed by atoms with Gasteiger partial charge in [0.2, 0.25) is 0 Å². The van der Waals surface area contributed by atoms with E-state index in [1.54, 1.807) is 0 Å². The molecule has 0 amide bonds. The highest BCUT2D eigenvalue weighted by Gasteiger charge is 2.14. The molecule has 0 atom stereocenters. The zero-order valence-corrected chi connectivity index (χ0v) is 14.8. The number of anilines is 2. The van der Waals surface area contributed by atoms with Crippen LogP contribution in [0, 0.1) is 0 Å². The normalized spacial score (nSPS) is 11.0. The fraction of sp³-hybridized carbons (Fsp3) is 0. The molecule has 0 aliphatic heterocycles. The summed E-state index contributed by atoms with van der Waals surface area (Å²) in [5, 5.41) is 4.59. The first kappa shape index (κ1) is 15.5. The van der Waals surface area contributed by atoms with E-state index in [0.29, 0.717) is 0 Å². The van der Waals surface area contributed by atoms with Gasteiger partial charge in [0.15, 0.2) is 0 Å². The average molecular weight is 349 g/mol. The molecule has 0 saturated carbocycles. The van der Waals surface area contributed by atoms with Gasteiger partial charge in [-0.05, 0) is 36.4 Å². The van der Waals surface area contributed by atoms with Crippen LogP contribution in [0.4, 0.5) is 11.4 Å². The predicted molar refractivity (Wildman–Crippen MR) is 114 cm³/mol. The van der Waals surface area contributed by atoms with Crippen LogP contribution in [0.15, 0.2) is 109 Å². The van der Waals surface area contributed by atoms with Gasteiger partial charge in [-0.2, -0.15) is 0 Å². The molecule has 3 heteroatoms. The van der Waals surface area contributed by atoms with Gasteiger partial charge in [0.05, 0.1) is 22.4 Å². The number of hydrazine groups is 1. The average Bonchev–Trinajstić information content (AvgIpc) is 3.07. The third kappa shape index (κ3) is 2.70. The Bertz CT molecular complexity index is 1100. The summed E-state index contributed by atoms with van der Waals surface area (Å²) in [5.74, 6) is 0. The van der Waals surface area contributed by atoms with Crippen molar-refractivity contribution in [3.8, 4) is 0 Å². The van der Waals surface area contributed by atoms with Crippen molar-refractivity contribution in [1.29, 1.82) is 0 Å². The summed E-state index contributed by atoms with van der Waals surface area (Å²) in [6, 6.07) is 37.7. The van der Waals surface area contributed by atoms with E-state index in [2.05, 4.69) is 112 Å². The molecule has 0 fully saturated rings. The number of hydrogen-bond donors (Lipinski definition) is 1. The number of para-hydroxylation sites is 4. The van der Waals surface area contributed by atoms with Crippen LogP contribution in [-0.4, -0.2) is 4.68 Å². The smallest absolute Gasteiger partial charge is 0.0725 e. The Labute approximate surface area is 158 Å². The molecule has 0 aliphatic rings. The van der Waals surface area contributed by atoms with Gasteiger partial charge in [0.25, 0.3) is 0 Å². The molecule has 5 aromatic rings. The van der Waals surface area contributed by atoms with Crippen LogP contribution in [-0.2, 0) is 0 Å². The van der Waals surface area contributed by atoms with E-state index in [4.69, 9.17) is 0 Å². The highest BCUT2D eigenvalue weighted by Crippen LogP contribution is 2.30. The molecular weight excluding hydrogens is 330 g/mol. The van der Waals surface area contributed by atoms with Crippen molar-refractivity contribution < 1.29 is 0 Å². The van der Waals surface area contributed by atoms with Crippen LogP contribution < -0.4 is 10.5 Å². The largest absolute Gasteiger partial charge is 0.242 e. The van der Waals surface area contributed by atoms with E-state index in [1.165, 1.54) is 10.8 Å². The Hall–Kier alpha value is -3.72. The molecule has 0 radical (unpaired) electrons. The van der Waals surface area contributed by atoms with Crippen LogP contribution in [0.25, 0.3) is 21.8 Å². The predicted octanol–water partition coefficient (Wildman–Crippen LogP) is 6.09. The fourth-order valence-electron chi connectivity index (χ4n) is 3.55. The number of nitrogens with one attached hydrogen (secondary N) is 1. The lowest BCUT2D eigenvalue weighted by Crippen LogP contribution is -2.32. The minimum Gasteiger partial charge on any atom is -0.242 e. The maximum absolute atomic E-state index is 3.63. The summed E-state index contributed by atoms with van der Waals surface area (Å²) in [5.41, 5.74) is 8.07. The van der Waals surface area contributed by atoms with Crippen LogP contribution in [0.1, 0.15) is 0 Å². The lowest BCUT2D eigenvalue weighted by Gasteiger charge is -2.28. The molecule has 1 heterocycles. The highest BCUT2D eigenvalue weighted by atomic mass is 15.7. The quantitative estimate of drug-likeness (QED) is 0.396. The number of aromatic nitrogens is 1. The number of nitrogens with zero attached hydrogens (tertiary/aromatic N) is 2. The van der Waals surface area contributed by atoms with Crippen molar-refractivity contribution >= 4 is 33.2 Å². The first-order chi connectivity index (χ1) is 13.4. The molecular formula is C24H19N3. The van der Waals surface area contributed by atoms with Crippen molar-refractivity contribution in [2.45, 2.75) is 0 Å². The van der Waals surface area contributed by atoms with Crippen LogP contribution >= 0.6 is 0 Å². The standard InChI is InChI=1S/C24H19N3/c1-3-11-19(12-4-1)26(20-13-5-2-6-14-20)25-27-23-17-9-7-15-21(23)22-16-8-10-18-24(22)27/h1-18,25H. The third-order valence-electron chi connectivity index (χ3n) is 4.81. The maximum atomic E-state index is 3.63. The van der Waals surface area contributed by atoms with Gasteiger partial charge in [-0.1, -0.05) is 72.8 Å². The first-order valence-corrected chi connectivity index (χ1v) is 9.07. The van der Waals surface area contributed by atoms with Gasteiger partial charge in [0.1, 0.15) is 0 Å². The van der Waals surface area contributed by atoms with Crippen molar-refractivity contribution in [3.63, 3.8) is 0 Å². The molecule has 0 saturated heterocycles. The number of benzene rings is 4. The lowest BCUT2D eigenvalue weighted by atomic mass is 10.2. The van der Waals surface area contributed by atoms with E-state index < -0.39 is 0 Å². The Kier molecular flexibility index (Phi) is 3.76. The molecule has 1 N–H and O–H groups in total. The molecule has 3 nitrogen and oxygen atoms in total. The topological polar surface area (TPSA) is 20.2 Å². The third-order valence-corrected chi connectivity index (χ3v) is 4.81. The van der Waals surface area contributed by atoms with Crippen LogP contribution in [0.5, 0.6) is 0 Å². The Morgan fingerprint density at radius 2 is 0.889 bits per heavy atom. The summed E-state index contributed by atoms with van der Waals surface area (Å²) in [7, 11) is 0. The van der Waals surface area contributed by atoms with Crippen molar-refractivity contribution in [1.82, 2.24) is 4.68 Å². The second kappa shape index (κ2) is 6.54. The molecule has 0 spiro atoms. The van der Waals surface area contributed by atoms with E-state index in [9.17, 15) is 0 Å². The Morgan fingerprint density at radius 3 is 1.37 bits per heavy atom. The minimum atomic E-state index is 1.07. The molecule has 4 aromatic carbocycles. The zero-order chi connectivity index (χ0) is 18.1. The number of fused-ring (bicyclic) bond motifs is 3. The fourth-order valence-corrected chi connectivity index (χ4v) is 3.55. The van der Waals surface area contributed by atoms with Gasteiger partial charge in [-0.25, -0.2) is 15.2 Å². The summed E-state index contributed by atoms with van der Waals surface area (Å²) >= 11 is 0. The van der Waals surface area contributed by atoms with Crippen molar-refractivity contribution in [3.05, 3.63) is 109 Å². The van der Waals surface area contributed by atoms with Crippen molar-refractivity contribution in [2.75, 3.05) is 10.5 Å². The van der Waals surface area contributed by atoms with Gasteiger partial charge in [-0.3, -0.25) is 0 Å². The lowest BCUT2D eigenvalue weighted by molar-refractivity contribution is 0.912. The van der Waals surface area contributed by atoms with Gasteiger partial charge in [-0.15, -0.1) is 0 Å². The first-order valence-electron chi connectivity index (χ1n) is 9.07. The monoisotopic (exact) mass is 349 g/mol. The molecule has 27 heavy (non-hydrogen) atoms. The minimum absolute atomic E-state index is 1.07. The van der Waals surface area contributed by atoms with Crippen LogP contribution in [0.2, 0.25) is 0 Å².